The third-order valence-electron chi connectivity index (χ3n) is 1.21. The van der Waals surface area contributed by atoms with Gasteiger partial charge >= 0.3 is 0 Å². The second-order valence-electron chi connectivity index (χ2n) is 2.84. The number of carbonyl (C=O) groups is 1. The van der Waals surface area contributed by atoms with Crippen LogP contribution < -0.4 is 5.32 Å². The largest absolute Gasteiger partial charge is 0.394 e. The number of nitrogens with zero attached hydrogens (tertiary/aromatic N) is 1. The van der Waals surface area contributed by atoms with Gasteiger partial charge in [0.05, 0.1) is 12.6 Å². The van der Waals surface area contributed by atoms with E-state index in [0.717, 1.165) is 0 Å². The highest BCUT2D eigenvalue weighted by molar-refractivity contribution is 5.73. The van der Waals surface area contributed by atoms with Crippen molar-refractivity contribution in [1.29, 1.82) is 0 Å². The Morgan fingerprint density at radius 1 is 1.64 bits per heavy atom. The third kappa shape index (κ3) is 5.82. The van der Waals surface area contributed by atoms with Crippen LogP contribution in [0, 0.1) is 0 Å². The Hall–Kier alpha value is -0.610. The van der Waals surface area contributed by atoms with Crippen molar-refractivity contribution in [2.24, 2.45) is 0 Å². The summed E-state index contributed by atoms with van der Waals surface area (Å²) in [6.07, 6.45) is 0. The molecule has 0 radical (unpaired) electrons. The Kier molecular flexibility index (Phi) is 4.81. The van der Waals surface area contributed by atoms with Crippen molar-refractivity contribution in [3.8, 4) is 0 Å². The molecule has 0 aliphatic heterocycles. The first kappa shape index (κ1) is 10.4. The monoisotopic (exact) mass is 160 g/mol. The van der Waals surface area contributed by atoms with Crippen LogP contribution >= 0.6 is 0 Å². The number of nitrogens with one attached hydrogen (secondary N) is 1. The summed E-state index contributed by atoms with van der Waals surface area (Å²) in [6.45, 7) is 2.09. The highest BCUT2D eigenvalue weighted by Gasteiger charge is 2.08. The summed E-state index contributed by atoms with van der Waals surface area (Å²) >= 11 is 0. The van der Waals surface area contributed by atoms with Gasteiger partial charge in [-0.25, -0.2) is 0 Å². The van der Waals surface area contributed by atoms with Crippen LogP contribution in [-0.4, -0.2) is 49.2 Å². The number of hydrogen-bond donors (Lipinski definition) is 2. The van der Waals surface area contributed by atoms with E-state index < -0.39 is 0 Å². The molecule has 0 bridgehead atoms. The number of hydrogen-bond acceptors (Lipinski definition) is 3. The van der Waals surface area contributed by atoms with Gasteiger partial charge in [0.15, 0.2) is 0 Å². The van der Waals surface area contributed by atoms with E-state index in [4.69, 9.17) is 5.11 Å². The molecule has 0 aliphatic carbocycles. The van der Waals surface area contributed by atoms with Gasteiger partial charge in [0.2, 0.25) is 5.91 Å². The molecule has 1 unspecified atom stereocenters. The fraction of sp³-hybridized carbons (Fsp3) is 0.857. The Morgan fingerprint density at radius 3 is 2.45 bits per heavy atom. The summed E-state index contributed by atoms with van der Waals surface area (Å²) in [5, 5.41) is 11.4. The van der Waals surface area contributed by atoms with Gasteiger partial charge in [0.1, 0.15) is 0 Å². The van der Waals surface area contributed by atoms with Crippen LogP contribution in [-0.2, 0) is 4.79 Å². The van der Waals surface area contributed by atoms with Crippen LogP contribution in [0.3, 0.4) is 0 Å². The second kappa shape index (κ2) is 5.09. The molecule has 1 amide bonds. The zero-order valence-corrected chi connectivity index (χ0v) is 7.29. The quantitative estimate of drug-likeness (QED) is 0.557. The van der Waals surface area contributed by atoms with Crippen molar-refractivity contribution >= 4 is 5.91 Å². The van der Waals surface area contributed by atoms with Gasteiger partial charge in [0, 0.05) is 13.5 Å². The molecule has 0 saturated heterocycles. The molecule has 0 rings (SSSR count). The Labute approximate surface area is 67.2 Å². The van der Waals surface area contributed by atoms with Gasteiger partial charge in [-0.1, -0.05) is 0 Å². The van der Waals surface area contributed by atoms with Crippen molar-refractivity contribution in [2.75, 3.05) is 27.2 Å². The van der Waals surface area contributed by atoms with Crippen LogP contribution in [0.25, 0.3) is 0 Å². The standard InChI is InChI=1S/C7H16N2O2/c1-6(11)8-7(5-10)4-9(2)3/h7,10H,4-5H2,1-3H3,(H,8,11). The Balaban J connectivity index is 3.66. The van der Waals surface area contributed by atoms with Crippen LogP contribution in [0.4, 0.5) is 0 Å². The molecule has 11 heavy (non-hydrogen) atoms. The minimum Gasteiger partial charge on any atom is -0.394 e. The molecule has 0 aromatic heterocycles. The van der Waals surface area contributed by atoms with Crippen LogP contribution in [0.1, 0.15) is 6.92 Å². The summed E-state index contributed by atoms with van der Waals surface area (Å²) in [4.78, 5) is 12.5. The lowest BCUT2D eigenvalue weighted by atomic mass is 10.3. The van der Waals surface area contributed by atoms with E-state index in [1.54, 1.807) is 0 Å². The van der Waals surface area contributed by atoms with Crippen molar-refractivity contribution in [2.45, 2.75) is 13.0 Å². The topological polar surface area (TPSA) is 52.6 Å². The van der Waals surface area contributed by atoms with Crippen LogP contribution in [0.15, 0.2) is 0 Å². The van der Waals surface area contributed by atoms with E-state index in [9.17, 15) is 4.79 Å². The Morgan fingerprint density at radius 2 is 2.18 bits per heavy atom. The zero-order chi connectivity index (χ0) is 8.85. The van der Waals surface area contributed by atoms with Crippen molar-refractivity contribution in [3.05, 3.63) is 0 Å². The first-order valence-corrected chi connectivity index (χ1v) is 3.59. The first-order chi connectivity index (χ1) is 5.06. The molecule has 0 aromatic carbocycles. The highest BCUT2D eigenvalue weighted by Crippen LogP contribution is 1.84. The predicted octanol–water partition coefficient (Wildman–Crippen LogP) is -0.955. The molecule has 0 aromatic rings. The van der Waals surface area contributed by atoms with Crippen LogP contribution in [0.5, 0.6) is 0 Å². The van der Waals surface area contributed by atoms with Crippen molar-refractivity contribution < 1.29 is 9.90 Å². The minimum absolute atomic E-state index is 0.0161. The summed E-state index contributed by atoms with van der Waals surface area (Å²) in [6, 6.07) is -0.150. The molecule has 0 saturated carbocycles. The molecule has 4 heteroatoms. The number of aliphatic hydroxyl groups is 1. The minimum atomic E-state index is -0.150. The zero-order valence-electron chi connectivity index (χ0n) is 7.29. The molecular weight excluding hydrogens is 144 g/mol. The average Bonchev–Trinajstić information content (AvgIpc) is 1.84. The summed E-state index contributed by atoms with van der Waals surface area (Å²) < 4.78 is 0. The summed E-state index contributed by atoms with van der Waals surface area (Å²) in [7, 11) is 3.79. The fourth-order valence-electron chi connectivity index (χ4n) is 0.877. The molecular formula is C7H16N2O2. The van der Waals surface area contributed by atoms with Gasteiger partial charge in [-0.2, -0.15) is 0 Å². The number of aliphatic hydroxyl groups excluding tert-OH is 1. The van der Waals surface area contributed by atoms with Gasteiger partial charge in [-0.05, 0) is 14.1 Å². The maximum absolute atomic E-state index is 10.6. The fourth-order valence-corrected chi connectivity index (χ4v) is 0.877. The third-order valence-corrected chi connectivity index (χ3v) is 1.21. The normalized spacial score (nSPS) is 13.2. The van der Waals surface area contributed by atoms with Gasteiger partial charge in [-0.3, -0.25) is 4.79 Å². The summed E-state index contributed by atoms with van der Waals surface area (Å²) in [5.41, 5.74) is 0. The molecule has 0 fully saturated rings. The van der Waals surface area contributed by atoms with E-state index in [-0.39, 0.29) is 18.6 Å². The SMILES string of the molecule is CC(=O)NC(CO)CN(C)C. The molecule has 2 N–H and O–H groups in total. The number of carbonyl (C=O) groups excluding carboxylic acids is 1. The highest BCUT2D eigenvalue weighted by atomic mass is 16.3. The Bertz CT molecular complexity index is 126. The first-order valence-electron chi connectivity index (χ1n) is 3.59. The molecule has 1 atom stereocenters. The smallest absolute Gasteiger partial charge is 0.217 e. The lowest BCUT2D eigenvalue weighted by molar-refractivity contribution is -0.120. The van der Waals surface area contributed by atoms with E-state index in [0.29, 0.717) is 6.54 Å². The van der Waals surface area contributed by atoms with Gasteiger partial charge < -0.3 is 15.3 Å². The number of likely N-dealkylation sites (N-methyl/N-ethyl adjacent to an activating group) is 1. The molecule has 4 nitrogen and oxygen atoms in total. The number of amides is 1. The lowest BCUT2D eigenvalue weighted by Gasteiger charge is -2.19. The molecule has 0 heterocycles. The van der Waals surface area contributed by atoms with Crippen molar-refractivity contribution in [1.82, 2.24) is 10.2 Å². The van der Waals surface area contributed by atoms with E-state index >= 15 is 0 Å². The summed E-state index contributed by atoms with van der Waals surface area (Å²) in [5.74, 6) is -0.106. The maximum atomic E-state index is 10.6. The van der Waals surface area contributed by atoms with E-state index in [1.807, 2.05) is 19.0 Å². The average molecular weight is 160 g/mol. The maximum Gasteiger partial charge on any atom is 0.217 e. The molecule has 0 aliphatic rings. The van der Waals surface area contributed by atoms with Gasteiger partial charge in [0.25, 0.3) is 0 Å². The molecule has 66 valence electrons. The second-order valence-corrected chi connectivity index (χ2v) is 2.84. The lowest BCUT2D eigenvalue weighted by Crippen LogP contribution is -2.43. The predicted molar refractivity (Wildman–Crippen MR) is 43.2 cm³/mol. The number of rotatable bonds is 4. The van der Waals surface area contributed by atoms with E-state index in [2.05, 4.69) is 5.32 Å². The van der Waals surface area contributed by atoms with Crippen LogP contribution in [0.2, 0.25) is 0 Å². The molecule has 0 spiro atoms. The van der Waals surface area contributed by atoms with Crippen molar-refractivity contribution in [3.63, 3.8) is 0 Å². The van der Waals surface area contributed by atoms with E-state index in [1.165, 1.54) is 6.92 Å². The van der Waals surface area contributed by atoms with Gasteiger partial charge in [-0.15, -0.1) is 0 Å².